The summed E-state index contributed by atoms with van der Waals surface area (Å²) in [6.45, 7) is 6.75. The van der Waals surface area contributed by atoms with Crippen molar-refractivity contribution in [3.63, 3.8) is 0 Å². The molecule has 0 rings (SSSR count). The number of Topliss-reactive ketones (excluding diaryl/α,β-unsaturated/α-hetero) is 2. The van der Waals surface area contributed by atoms with Gasteiger partial charge < -0.3 is 10.0 Å². The van der Waals surface area contributed by atoms with Gasteiger partial charge in [-0.3, -0.25) is 4.79 Å². The second kappa shape index (κ2) is 9.89. The third kappa shape index (κ3) is 10.8. The number of oxime groups is 1. The van der Waals surface area contributed by atoms with Crippen molar-refractivity contribution >= 4 is 17.3 Å². The van der Waals surface area contributed by atoms with Gasteiger partial charge in [0.15, 0.2) is 5.78 Å². The van der Waals surface area contributed by atoms with Crippen LogP contribution in [0.2, 0.25) is 0 Å². The number of rotatable bonds is 4. The zero-order chi connectivity index (χ0) is 11.6. The van der Waals surface area contributed by atoms with Crippen molar-refractivity contribution in [2.24, 2.45) is 5.16 Å². The van der Waals surface area contributed by atoms with E-state index < -0.39 is 0 Å². The monoisotopic (exact) mass is 201 g/mol. The molecule has 82 valence electrons. The highest BCUT2D eigenvalue weighted by Crippen LogP contribution is 1.85. The van der Waals surface area contributed by atoms with Crippen LogP contribution in [0.1, 0.15) is 47.0 Å². The minimum Gasteiger partial charge on any atom is -0.411 e. The molecule has 0 heterocycles. The molecule has 0 aromatic rings. The van der Waals surface area contributed by atoms with Crippen molar-refractivity contribution in [2.75, 3.05) is 0 Å². The molecule has 0 radical (unpaired) electrons. The van der Waals surface area contributed by atoms with E-state index in [9.17, 15) is 9.59 Å². The molecule has 0 bridgehead atoms. The number of hydrogen-bond donors (Lipinski definition) is 1. The summed E-state index contributed by atoms with van der Waals surface area (Å²) in [6, 6.07) is 0. The van der Waals surface area contributed by atoms with Crippen LogP contribution in [0, 0.1) is 0 Å². The summed E-state index contributed by atoms with van der Waals surface area (Å²) in [5.74, 6) is 0.118. The number of nitrogens with zero attached hydrogens (tertiary/aromatic N) is 1. The fraction of sp³-hybridized carbons (Fsp3) is 0.700. The Hall–Kier alpha value is -1.19. The van der Waals surface area contributed by atoms with Crippen LogP contribution in [-0.4, -0.2) is 22.5 Å². The fourth-order valence-corrected chi connectivity index (χ4v) is 0.742. The van der Waals surface area contributed by atoms with E-state index in [0.717, 1.165) is 12.8 Å². The normalized spacial score (nSPS) is 10.1. The van der Waals surface area contributed by atoms with Crippen molar-refractivity contribution in [3.8, 4) is 0 Å². The van der Waals surface area contributed by atoms with Crippen LogP contribution in [0.25, 0.3) is 0 Å². The Bertz CT molecular complexity index is 209. The topological polar surface area (TPSA) is 66.7 Å². The van der Waals surface area contributed by atoms with Crippen LogP contribution < -0.4 is 0 Å². The lowest BCUT2D eigenvalue weighted by atomic mass is 10.2. The van der Waals surface area contributed by atoms with E-state index in [2.05, 4.69) is 5.16 Å². The van der Waals surface area contributed by atoms with Crippen molar-refractivity contribution in [2.45, 2.75) is 47.0 Å². The molecule has 0 saturated heterocycles. The highest BCUT2D eigenvalue weighted by molar-refractivity contribution is 6.38. The van der Waals surface area contributed by atoms with Crippen LogP contribution >= 0.6 is 0 Å². The van der Waals surface area contributed by atoms with Crippen LogP contribution in [0.15, 0.2) is 5.16 Å². The minimum atomic E-state index is -0.171. The molecule has 14 heavy (non-hydrogen) atoms. The second-order valence-corrected chi connectivity index (χ2v) is 2.91. The van der Waals surface area contributed by atoms with Crippen LogP contribution in [0.3, 0.4) is 0 Å². The van der Waals surface area contributed by atoms with Gasteiger partial charge in [-0.25, -0.2) is 0 Å². The Kier molecular flexibility index (Phi) is 10.8. The highest BCUT2D eigenvalue weighted by atomic mass is 16.4. The summed E-state index contributed by atoms with van der Waals surface area (Å²) in [5.41, 5.74) is 0.227. The summed E-state index contributed by atoms with van der Waals surface area (Å²) in [6.07, 6.45) is 2.21. The predicted octanol–water partition coefficient (Wildman–Crippen LogP) is 2.19. The van der Waals surface area contributed by atoms with Gasteiger partial charge in [0.25, 0.3) is 0 Å². The molecule has 0 aliphatic heterocycles. The average molecular weight is 201 g/mol. The van der Waals surface area contributed by atoms with E-state index in [4.69, 9.17) is 5.21 Å². The molecular formula is C10H19NO3. The van der Waals surface area contributed by atoms with Crippen LogP contribution in [-0.2, 0) is 9.59 Å². The first-order chi connectivity index (χ1) is 6.49. The molecule has 0 atom stereocenters. The molecular weight excluding hydrogens is 182 g/mol. The van der Waals surface area contributed by atoms with Gasteiger partial charge in [-0.15, -0.1) is 0 Å². The first-order valence-electron chi connectivity index (χ1n) is 4.70. The third-order valence-corrected chi connectivity index (χ3v) is 1.46. The summed E-state index contributed by atoms with van der Waals surface area (Å²) in [4.78, 5) is 20.4. The maximum atomic E-state index is 10.3. The maximum absolute atomic E-state index is 10.3. The highest BCUT2D eigenvalue weighted by Gasteiger charge is 2.00. The predicted molar refractivity (Wildman–Crippen MR) is 55.8 cm³/mol. The van der Waals surface area contributed by atoms with Crippen molar-refractivity contribution in [1.82, 2.24) is 0 Å². The van der Waals surface area contributed by atoms with Gasteiger partial charge in [0, 0.05) is 13.3 Å². The van der Waals surface area contributed by atoms with Crippen molar-refractivity contribution in [3.05, 3.63) is 0 Å². The Labute approximate surface area is 85.0 Å². The first-order valence-corrected chi connectivity index (χ1v) is 4.70. The molecule has 0 amide bonds. The molecule has 0 fully saturated rings. The third-order valence-electron chi connectivity index (χ3n) is 1.46. The largest absolute Gasteiger partial charge is 0.411 e. The van der Waals surface area contributed by atoms with Gasteiger partial charge in [0.1, 0.15) is 11.5 Å². The number of carbonyl (C=O) groups is 2. The first kappa shape index (κ1) is 15.3. The fourth-order valence-electron chi connectivity index (χ4n) is 0.742. The van der Waals surface area contributed by atoms with E-state index in [1.165, 1.54) is 6.92 Å². The zero-order valence-electron chi connectivity index (χ0n) is 9.33. The maximum Gasteiger partial charge on any atom is 0.177 e. The molecule has 0 unspecified atom stereocenters. The molecule has 0 aromatic carbocycles. The molecule has 4 nitrogen and oxygen atoms in total. The summed E-state index contributed by atoms with van der Waals surface area (Å²) >= 11 is 0. The minimum absolute atomic E-state index is 0.171. The molecule has 4 heteroatoms. The van der Waals surface area contributed by atoms with Gasteiger partial charge in [-0.05, 0) is 19.8 Å². The van der Waals surface area contributed by atoms with E-state index in [-0.39, 0.29) is 17.3 Å². The van der Waals surface area contributed by atoms with Gasteiger partial charge >= 0.3 is 0 Å². The molecule has 0 aliphatic carbocycles. The summed E-state index contributed by atoms with van der Waals surface area (Å²) in [7, 11) is 0. The van der Waals surface area contributed by atoms with E-state index >= 15 is 0 Å². The number of hydrogen-bond acceptors (Lipinski definition) is 4. The van der Waals surface area contributed by atoms with E-state index in [1.807, 2.05) is 6.92 Å². The lowest BCUT2D eigenvalue weighted by Crippen LogP contribution is -2.07. The second-order valence-electron chi connectivity index (χ2n) is 2.91. The number of ketones is 2. The van der Waals surface area contributed by atoms with Crippen molar-refractivity contribution in [1.29, 1.82) is 0 Å². The SMILES string of the molecule is CCC(=NO)C(C)=O.CCCC(C)=O. The lowest BCUT2D eigenvalue weighted by Gasteiger charge is -1.89. The van der Waals surface area contributed by atoms with Crippen LogP contribution in [0.5, 0.6) is 0 Å². The quantitative estimate of drug-likeness (QED) is 0.430. The molecule has 0 aliphatic rings. The Morgan fingerprint density at radius 1 is 1.21 bits per heavy atom. The molecule has 0 spiro atoms. The van der Waals surface area contributed by atoms with E-state index in [0.29, 0.717) is 6.42 Å². The van der Waals surface area contributed by atoms with Crippen LogP contribution in [0.4, 0.5) is 0 Å². The molecule has 0 aromatic heterocycles. The van der Waals surface area contributed by atoms with E-state index in [1.54, 1.807) is 13.8 Å². The lowest BCUT2D eigenvalue weighted by molar-refractivity contribution is -0.117. The standard InChI is InChI=1S/C5H9NO2.C5H10O/c1-3-5(6-8)4(2)7;1-3-4-5(2)6/h8H,3H2,1-2H3;3-4H2,1-2H3. The summed E-state index contributed by atoms with van der Waals surface area (Å²) < 4.78 is 0. The number of carbonyl (C=O) groups excluding carboxylic acids is 2. The van der Waals surface area contributed by atoms with Crippen molar-refractivity contribution < 1.29 is 14.8 Å². The van der Waals surface area contributed by atoms with Gasteiger partial charge in [-0.1, -0.05) is 19.0 Å². The van der Waals surface area contributed by atoms with Gasteiger partial charge in [-0.2, -0.15) is 0 Å². The van der Waals surface area contributed by atoms with Gasteiger partial charge in [0.2, 0.25) is 0 Å². The summed E-state index contributed by atoms with van der Waals surface area (Å²) in [5, 5.41) is 10.8. The smallest absolute Gasteiger partial charge is 0.177 e. The zero-order valence-corrected chi connectivity index (χ0v) is 9.33. The molecule has 1 N–H and O–H groups in total. The Morgan fingerprint density at radius 2 is 1.71 bits per heavy atom. The average Bonchev–Trinajstić information content (AvgIpc) is 2.06. The van der Waals surface area contributed by atoms with Gasteiger partial charge in [0.05, 0.1) is 0 Å². The Balaban J connectivity index is 0. The Morgan fingerprint density at radius 3 is 1.71 bits per heavy atom. The molecule has 0 saturated carbocycles.